The molecule has 0 aromatic rings. The largest absolute Gasteiger partial charge is 0.478 e. The van der Waals surface area contributed by atoms with Crippen LogP contribution < -0.4 is 0 Å². The van der Waals surface area contributed by atoms with Crippen LogP contribution >= 0.6 is 0 Å². The third-order valence-corrected chi connectivity index (χ3v) is 1.92. The van der Waals surface area contributed by atoms with Crippen molar-refractivity contribution in [2.45, 2.75) is 27.2 Å². The molecule has 0 bridgehead atoms. The number of aliphatic carboxylic acids is 1. The first-order valence-corrected chi connectivity index (χ1v) is 4.89. The summed E-state index contributed by atoms with van der Waals surface area (Å²) < 4.78 is 0. The molecule has 0 aliphatic heterocycles. The summed E-state index contributed by atoms with van der Waals surface area (Å²) in [4.78, 5) is 12.3. The molecule has 0 spiro atoms. The van der Waals surface area contributed by atoms with Gasteiger partial charge in [0.25, 0.3) is 0 Å². The first kappa shape index (κ1) is 13.2. The van der Waals surface area contributed by atoms with Crippen LogP contribution in [0.2, 0.25) is 0 Å². The third-order valence-electron chi connectivity index (χ3n) is 1.92. The van der Waals surface area contributed by atoms with Gasteiger partial charge in [-0.15, -0.1) is 0 Å². The van der Waals surface area contributed by atoms with E-state index in [1.54, 1.807) is 6.08 Å². The molecule has 14 heavy (non-hydrogen) atoms. The maximum Gasteiger partial charge on any atom is 0.328 e. The van der Waals surface area contributed by atoms with Crippen molar-refractivity contribution in [1.82, 2.24) is 4.90 Å². The molecule has 0 rings (SSSR count). The molecule has 0 heterocycles. The highest BCUT2D eigenvalue weighted by atomic mass is 16.4. The van der Waals surface area contributed by atoms with Gasteiger partial charge in [-0.05, 0) is 25.4 Å². The topological polar surface area (TPSA) is 40.5 Å². The third kappa shape index (κ3) is 9.26. The highest BCUT2D eigenvalue weighted by Crippen LogP contribution is 2.18. The molecule has 3 nitrogen and oxygen atoms in total. The zero-order valence-corrected chi connectivity index (χ0v) is 9.58. The van der Waals surface area contributed by atoms with E-state index in [4.69, 9.17) is 5.11 Å². The Balaban J connectivity index is 3.66. The second-order valence-corrected chi connectivity index (χ2v) is 4.81. The molecule has 0 aromatic carbocycles. The molecule has 1 N–H and O–H groups in total. The highest BCUT2D eigenvalue weighted by Gasteiger charge is 2.10. The summed E-state index contributed by atoms with van der Waals surface area (Å²) >= 11 is 0. The number of likely N-dealkylation sites (N-methyl/N-ethyl adjacent to an activating group) is 1. The molecule has 0 saturated heterocycles. The Labute approximate surface area is 86.4 Å². The van der Waals surface area contributed by atoms with Gasteiger partial charge < -0.3 is 10.0 Å². The smallest absolute Gasteiger partial charge is 0.328 e. The fourth-order valence-corrected chi connectivity index (χ4v) is 0.951. The Bertz CT molecular complexity index is 204. The summed E-state index contributed by atoms with van der Waals surface area (Å²) in [7, 11) is 2.00. The van der Waals surface area contributed by atoms with E-state index in [9.17, 15) is 4.79 Å². The molecule has 0 aromatic heterocycles. The minimum Gasteiger partial charge on any atom is -0.478 e. The molecule has 82 valence electrons. The number of nitrogens with zero attached hydrogens (tertiary/aromatic N) is 1. The normalized spacial score (nSPS) is 12.6. The second-order valence-electron chi connectivity index (χ2n) is 4.81. The predicted octanol–water partition coefficient (Wildman–Crippen LogP) is 2.00. The Hall–Kier alpha value is -0.830. The van der Waals surface area contributed by atoms with Crippen LogP contribution in [-0.4, -0.2) is 36.1 Å². The summed E-state index contributed by atoms with van der Waals surface area (Å²) in [6.45, 7) is 8.30. The van der Waals surface area contributed by atoms with E-state index in [0.717, 1.165) is 13.0 Å². The van der Waals surface area contributed by atoms with Crippen molar-refractivity contribution < 1.29 is 9.90 Å². The van der Waals surface area contributed by atoms with Crippen molar-refractivity contribution in [2.75, 3.05) is 20.1 Å². The summed E-state index contributed by atoms with van der Waals surface area (Å²) in [6, 6.07) is 0. The SMILES string of the molecule is CN(C/C=C/C(=O)O)CCC(C)(C)C. The van der Waals surface area contributed by atoms with Gasteiger partial charge in [-0.3, -0.25) is 0 Å². The van der Waals surface area contributed by atoms with Gasteiger partial charge in [0, 0.05) is 12.6 Å². The molecule has 0 atom stereocenters. The lowest BCUT2D eigenvalue weighted by Gasteiger charge is -2.22. The first-order chi connectivity index (χ1) is 6.31. The van der Waals surface area contributed by atoms with E-state index in [1.165, 1.54) is 6.08 Å². The number of hydrogen-bond donors (Lipinski definition) is 1. The van der Waals surface area contributed by atoms with Gasteiger partial charge in [0.05, 0.1) is 0 Å². The van der Waals surface area contributed by atoms with E-state index >= 15 is 0 Å². The van der Waals surface area contributed by atoms with Gasteiger partial charge in [0.1, 0.15) is 0 Å². The fraction of sp³-hybridized carbons (Fsp3) is 0.727. The summed E-state index contributed by atoms with van der Waals surface area (Å²) in [6.07, 6.45) is 3.98. The van der Waals surface area contributed by atoms with Gasteiger partial charge in [0.2, 0.25) is 0 Å². The minimum absolute atomic E-state index is 0.338. The molecule has 0 radical (unpaired) electrons. The van der Waals surface area contributed by atoms with Crippen LogP contribution in [0.3, 0.4) is 0 Å². The highest BCUT2D eigenvalue weighted by molar-refractivity contribution is 5.79. The fourth-order valence-electron chi connectivity index (χ4n) is 0.951. The Morgan fingerprint density at radius 1 is 1.43 bits per heavy atom. The van der Waals surface area contributed by atoms with E-state index in [2.05, 4.69) is 25.7 Å². The Morgan fingerprint density at radius 2 is 2.00 bits per heavy atom. The van der Waals surface area contributed by atoms with Gasteiger partial charge in [-0.1, -0.05) is 26.8 Å². The maximum atomic E-state index is 10.2. The van der Waals surface area contributed by atoms with Crippen LogP contribution in [0.5, 0.6) is 0 Å². The van der Waals surface area contributed by atoms with Crippen LogP contribution in [0.4, 0.5) is 0 Å². The Kier molecular flexibility index (Phi) is 5.46. The molecule has 0 fully saturated rings. The van der Waals surface area contributed by atoms with Gasteiger partial charge in [0.15, 0.2) is 0 Å². The summed E-state index contributed by atoms with van der Waals surface area (Å²) in [5, 5.41) is 8.38. The van der Waals surface area contributed by atoms with Gasteiger partial charge in [-0.2, -0.15) is 0 Å². The van der Waals surface area contributed by atoms with Crippen LogP contribution in [-0.2, 0) is 4.79 Å². The lowest BCUT2D eigenvalue weighted by atomic mass is 9.92. The number of rotatable bonds is 5. The Morgan fingerprint density at radius 3 is 2.43 bits per heavy atom. The number of carboxylic acids is 1. The molecule has 0 aliphatic carbocycles. The first-order valence-electron chi connectivity index (χ1n) is 4.89. The molecular weight excluding hydrogens is 178 g/mol. The van der Waals surface area contributed by atoms with Crippen molar-refractivity contribution in [1.29, 1.82) is 0 Å². The zero-order valence-electron chi connectivity index (χ0n) is 9.58. The standard InChI is InChI=1S/C11H21NO2/c1-11(2,3)7-9-12(4)8-5-6-10(13)14/h5-6H,7-9H2,1-4H3,(H,13,14)/b6-5+. The zero-order chi connectivity index (χ0) is 11.2. The van der Waals surface area contributed by atoms with Gasteiger partial charge in [-0.25, -0.2) is 4.79 Å². The summed E-state index contributed by atoms with van der Waals surface area (Å²) in [5.74, 6) is -0.880. The average molecular weight is 199 g/mol. The van der Waals surface area contributed by atoms with E-state index in [-0.39, 0.29) is 0 Å². The minimum atomic E-state index is -0.880. The molecule has 0 unspecified atom stereocenters. The maximum absolute atomic E-state index is 10.2. The molecule has 0 saturated carbocycles. The van der Waals surface area contributed by atoms with Crippen molar-refractivity contribution in [3.63, 3.8) is 0 Å². The lowest BCUT2D eigenvalue weighted by Crippen LogP contribution is -2.23. The molecule has 3 heteroatoms. The molecular formula is C11H21NO2. The lowest BCUT2D eigenvalue weighted by molar-refractivity contribution is -0.131. The van der Waals surface area contributed by atoms with Crippen LogP contribution in [0, 0.1) is 5.41 Å². The van der Waals surface area contributed by atoms with E-state index < -0.39 is 5.97 Å². The molecule has 0 aliphatic rings. The van der Waals surface area contributed by atoms with Crippen molar-refractivity contribution in [2.24, 2.45) is 5.41 Å². The number of carbonyl (C=O) groups is 1. The summed E-state index contributed by atoms with van der Waals surface area (Å²) in [5.41, 5.74) is 0.338. The predicted molar refractivity (Wildman–Crippen MR) is 58.3 cm³/mol. The number of carboxylic acid groups (broad SMARTS) is 1. The van der Waals surface area contributed by atoms with Crippen LogP contribution in [0.15, 0.2) is 12.2 Å². The van der Waals surface area contributed by atoms with E-state index in [1.807, 2.05) is 7.05 Å². The molecule has 0 amide bonds. The average Bonchev–Trinajstić information content (AvgIpc) is 1.99. The number of hydrogen-bond acceptors (Lipinski definition) is 2. The monoisotopic (exact) mass is 199 g/mol. The van der Waals surface area contributed by atoms with E-state index in [0.29, 0.717) is 12.0 Å². The van der Waals surface area contributed by atoms with Crippen molar-refractivity contribution in [3.05, 3.63) is 12.2 Å². The van der Waals surface area contributed by atoms with Crippen LogP contribution in [0.25, 0.3) is 0 Å². The van der Waals surface area contributed by atoms with Crippen molar-refractivity contribution in [3.8, 4) is 0 Å². The van der Waals surface area contributed by atoms with Gasteiger partial charge >= 0.3 is 5.97 Å². The van der Waals surface area contributed by atoms with Crippen molar-refractivity contribution >= 4 is 5.97 Å². The quantitative estimate of drug-likeness (QED) is 0.688. The van der Waals surface area contributed by atoms with Crippen LogP contribution in [0.1, 0.15) is 27.2 Å². The second kappa shape index (κ2) is 5.81.